The summed E-state index contributed by atoms with van der Waals surface area (Å²) in [5, 5.41) is 2.71. The van der Waals surface area contributed by atoms with Crippen molar-refractivity contribution in [1.29, 1.82) is 0 Å². The van der Waals surface area contributed by atoms with Gasteiger partial charge in [0.25, 0.3) is 0 Å². The maximum absolute atomic E-state index is 12.9. The number of benzene rings is 2. The van der Waals surface area contributed by atoms with Crippen molar-refractivity contribution in [3.05, 3.63) is 59.7 Å². The maximum Gasteiger partial charge on any atom is 0.338 e. The minimum atomic E-state index is -3.71. The van der Waals surface area contributed by atoms with Gasteiger partial charge in [0.05, 0.1) is 24.1 Å². The number of carbonyl (C=O) groups excluding carboxylic acids is 2. The van der Waals surface area contributed by atoms with Crippen LogP contribution in [-0.2, 0) is 19.6 Å². The van der Waals surface area contributed by atoms with Gasteiger partial charge in [-0.05, 0) is 50.6 Å². The highest BCUT2D eigenvalue weighted by molar-refractivity contribution is 7.92. The number of nitrogens with zero attached hydrogens (tertiary/aromatic N) is 1. The molecule has 1 amide bonds. The van der Waals surface area contributed by atoms with Gasteiger partial charge < -0.3 is 10.1 Å². The van der Waals surface area contributed by atoms with Gasteiger partial charge in [0.1, 0.15) is 6.04 Å². The molecule has 2 rings (SSSR count). The van der Waals surface area contributed by atoms with E-state index in [1.165, 1.54) is 6.07 Å². The van der Waals surface area contributed by atoms with E-state index in [9.17, 15) is 18.0 Å². The smallest absolute Gasteiger partial charge is 0.338 e. The highest BCUT2D eigenvalue weighted by Crippen LogP contribution is 2.24. The highest BCUT2D eigenvalue weighted by Gasteiger charge is 2.31. The van der Waals surface area contributed by atoms with Crippen LogP contribution in [-0.4, -0.2) is 39.2 Å². The van der Waals surface area contributed by atoms with Crippen LogP contribution in [0.25, 0.3) is 0 Å². The number of nitrogens with one attached hydrogen (secondary N) is 1. The molecular formula is C21H26N2O5S. The highest BCUT2D eigenvalue weighted by atomic mass is 32.2. The number of hydrogen-bond acceptors (Lipinski definition) is 5. The number of amides is 1. The lowest BCUT2D eigenvalue weighted by atomic mass is 10.1. The van der Waals surface area contributed by atoms with Crippen molar-refractivity contribution in [2.45, 2.75) is 33.2 Å². The third kappa shape index (κ3) is 5.80. The van der Waals surface area contributed by atoms with Crippen molar-refractivity contribution < 1.29 is 22.7 Å². The van der Waals surface area contributed by atoms with Gasteiger partial charge in [-0.3, -0.25) is 9.10 Å². The van der Waals surface area contributed by atoms with Gasteiger partial charge in [0, 0.05) is 5.69 Å². The van der Waals surface area contributed by atoms with E-state index in [0.717, 1.165) is 16.1 Å². The normalized spacial score (nSPS) is 12.1. The van der Waals surface area contributed by atoms with Crippen molar-refractivity contribution >= 4 is 33.3 Å². The third-order valence-corrected chi connectivity index (χ3v) is 5.44. The standard InChI is InChI=1S/C21H26N2O5S/c1-5-19(23(29(4,26)27)18-12-10-15(3)11-13-18)20(24)22-17-9-7-8-16(14-17)21(25)28-6-2/h7-14,19H,5-6H2,1-4H3,(H,22,24)/t19-/m1/s1. The van der Waals surface area contributed by atoms with Crippen molar-refractivity contribution in [2.75, 3.05) is 22.5 Å². The first-order valence-electron chi connectivity index (χ1n) is 9.31. The second kappa shape index (κ2) is 9.56. The zero-order valence-corrected chi connectivity index (χ0v) is 17.8. The van der Waals surface area contributed by atoms with Crippen LogP contribution in [0.2, 0.25) is 0 Å². The Morgan fingerprint density at radius 2 is 1.76 bits per heavy atom. The number of rotatable bonds is 8. The molecule has 156 valence electrons. The quantitative estimate of drug-likeness (QED) is 0.664. The molecule has 1 N–H and O–H groups in total. The molecule has 0 aromatic heterocycles. The Labute approximate surface area is 171 Å². The van der Waals surface area contributed by atoms with E-state index in [0.29, 0.717) is 16.9 Å². The topological polar surface area (TPSA) is 92.8 Å². The average Bonchev–Trinajstić information content (AvgIpc) is 2.66. The number of sulfonamides is 1. The molecule has 0 unspecified atom stereocenters. The minimum Gasteiger partial charge on any atom is -0.462 e. The lowest BCUT2D eigenvalue weighted by Crippen LogP contribution is -2.47. The molecule has 0 aliphatic carbocycles. The van der Waals surface area contributed by atoms with Gasteiger partial charge in [-0.15, -0.1) is 0 Å². The molecule has 0 fully saturated rings. The Hall–Kier alpha value is -2.87. The summed E-state index contributed by atoms with van der Waals surface area (Å²) in [7, 11) is -3.71. The monoisotopic (exact) mass is 418 g/mol. The van der Waals surface area contributed by atoms with Crippen LogP contribution in [0.4, 0.5) is 11.4 Å². The zero-order chi connectivity index (χ0) is 21.6. The molecule has 0 saturated heterocycles. The summed E-state index contributed by atoms with van der Waals surface area (Å²) < 4.78 is 31.0. The number of hydrogen-bond donors (Lipinski definition) is 1. The van der Waals surface area contributed by atoms with Gasteiger partial charge >= 0.3 is 5.97 Å². The summed E-state index contributed by atoms with van der Waals surface area (Å²) in [6, 6.07) is 12.3. The van der Waals surface area contributed by atoms with Crippen LogP contribution in [0.15, 0.2) is 48.5 Å². The van der Waals surface area contributed by atoms with Crippen LogP contribution in [0.5, 0.6) is 0 Å². The number of carbonyl (C=O) groups is 2. The molecule has 0 saturated carbocycles. The summed E-state index contributed by atoms with van der Waals surface area (Å²) in [6.07, 6.45) is 1.34. The second-order valence-corrected chi connectivity index (χ2v) is 8.47. The van der Waals surface area contributed by atoms with Crippen molar-refractivity contribution in [2.24, 2.45) is 0 Å². The first-order chi connectivity index (χ1) is 13.7. The van der Waals surface area contributed by atoms with E-state index in [2.05, 4.69) is 5.32 Å². The Morgan fingerprint density at radius 1 is 1.10 bits per heavy atom. The van der Waals surface area contributed by atoms with Crippen molar-refractivity contribution in [3.8, 4) is 0 Å². The molecule has 2 aromatic carbocycles. The lowest BCUT2D eigenvalue weighted by molar-refractivity contribution is -0.117. The fourth-order valence-electron chi connectivity index (χ4n) is 2.92. The summed E-state index contributed by atoms with van der Waals surface area (Å²) in [4.78, 5) is 24.8. The van der Waals surface area contributed by atoms with Crippen LogP contribution < -0.4 is 9.62 Å². The van der Waals surface area contributed by atoms with E-state index in [-0.39, 0.29) is 13.0 Å². The minimum absolute atomic E-state index is 0.243. The molecule has 1 atom stereocenters. The molecule has 2 aromatic rings. The molecule has 0 radical (unpaired) electrons. The van der Waals surface area contributed by atoms with Crippen LogP contribution >= 0.6 is 0 Å². The number of anilines is 2. The predicted octanol–water partition coefficient (Wildman–Crippen LogP) is 3.36. The SMILES string of the molecule is CCOC(=O)c1cccc(NC(=O)[C@@H](CC)N(c2ccc(C)cc2)S(C)(=O)=O)c1. The molecule has 0 aliphatic rings. The first kappa shape index (κ1) is 22.4. The number of ether oxygens (including phenoxy) is 1. The summed E-state index contributed by atoms with van der Waals surface area (Å²) >= 11 is 0. The third-order valence-electron chi connectivity index (χ3n) is 4.26. The Kier molecular flexibility index (Phi) is 7.39. The molecule has 8 heteroatoms. The lowest BCUT2D eigenvalue weighted by Gasteiger charge is -2.30. The molecule has 0 bridgehead atoms. The van der Waals surface area contributed by atoms with E-state index >= 15 is 0 Å². The summed E-state index contributed by atoms with van der Waals surface area (Å²) in [5.41, 5.74) is 2.09. The average molecular weight is 419 g/mol. The van der Waals surface area contributed by atoms with Gasteiger partial charge in [-0.25, -0.2) is 13.2 Å². The molecule has 0 heterocycles. The molecule has 7 nitrogen and oxygen atoms in total. The number of esters is 1. The van der Waals surface area contributed by atoms with E-state index in [1.807, 2.05) is 6.92 Å². The second-order valence-electron chi connectivity index (χ2n) is 6.61. The van der Waals surface area contributed by atoms with E-state index in [4.69, 9.17) is 4.74 Å². The number of aryl methyl sites for hydroxylation is 1. The fourth-order valence-corrected chi connectivity index (χ4v) is 4.13. The van der Waals surface area contributed by atoms with Crippen LogP contribution in [0.3, 0.4) is 0 Å². The van der Waals surface area contributed by atoms with Crippen LogP contribution in [0, 0.1) is 6.92 Å². The van der Waals surface area contributed by atoms with Crippen molar-refractivity contribution in [3.63, 3.8) is 0 Å². The van der Waals surface area contributed by atoms with Crippen molar-refractivity contribution in [1.82, 2.24) is 0 Å². The van der Waals surface area contributed by atoms with Gasteiger partial charge in [-0.1, -0.05) is 30.7 Å². The van der Waals surface area contributed by atoms with Crippen LogP contribution in [0.1, 0.15) is 36.2 Å². The summed E-state index contributed by atoms with van der Waals surface area (Å²) in [5.74, 6) is -0.979. The Bertz CT molecular complexity index is 971. The summed E-state index contributed by atoms with van der Waals surface area (Å²) in [6.45, 7) is 5.59. The van der Waals surface area contributed by atoms with Gasteiger partial charge in [-0.2, -0.15) is 0 Å². The molecule has 0 aliphatic heterocycles. The van der Waals surface area contributed by atoms with E-state index < -0.39 is 27.9 Å². The Balaban J connectivity index is 2.32. The molecule has 29 heavy (non-hydrogen) atoms. The molecule has 0 spiro atoms. The van der Waals surface area contributed by atoms with E-state index in [1.54, 1.807) is 56.3 Å². The first-order valence-corrected chi connectivity index (χ1v) is 11.2. The Morgan fingerprint density at radius 3 is 2.31 bits per heavy atom. The zero-order valence-electron chi connectivity index (χ0n) is 17.0. The van der Waals surface area contributed by atoms with Gasteiger partial charge in [0.2, 0.25) is 15.9 Å². The largest absolute Gasteiger partial charge is 0.462 e. The fraction of sp³-hybridized carbons (Fsp3) is 0.333. The molecular weight excluding hydrogens is 392 g/mol. The predicted molar refractivity (Wildman–Crippen MR) is 114 cm³/mol. The van der Waals surface area contributed by atoms with Gasteiger partial charge in [0.15, 0.2) is 0 Å². The maximum atomic E-state index is 12.9.